The fraction of sp³-hybridized carbons (Fsp3) is 0.818. The van der Waals surface area contributed by atoms with E-state index in [1.807, 2.05) is 0 Å². The minimum Gasteiger partial charge on any atom is -0.400 e. The second-order valence-corrected chi connectivity index (χ2v) is 2.79. The minimum atomic E-state index is 0. The molecule has 0 amide bonds. The second kappa shape index (κ2) is 23.4. The van der Waals surface area contributed by atoms with E-state index in [0.29, 0.717) is 0 Å². The summed E-state index contributed by atoms with van der Waals surface area (Å²) < 4.78 is 0. The first kappa shape index (κ1) is 24.1. The molecule has 1 aliphatic rings. The van der Waals surface area contributed by atoms with Crippen molar-refractivity contribution in [2.24, 2.45) is 5.92 Å². The molecular weight excluding hydrogens is 212 g/mol. The maximum absolute atomic E-state index is 7.00. The van der Waals surface area contributed by atoms with E-state index in [1.165, 1.54) is 32.1 Å². The quantitative estimate of drug-likeness (QED) is 0.573. The van der Waals surface area contributed by atoms with Gasteiger partial charge in [0.05, 0.1) is 0 Å². The van der Waals surface area contributed by atoms with Crippen LogP contribution in [0.5, 0.6) is 0 Å². The topological polar surface area (TPSA) is 40.5 Å². The third-order valence-corrected chi connectivity index (χ3v) is 2.09. The molecule has 1 rings (SSSR count). The van der Waals surface area contributed by atoms with Gasteiger partial charge >= 0.3 is 21.7 Å². The van der Waals surface area contributed by atoms with Gasteiger partial charge in [-0.3, -0.25) is 0 Å². The molecular formula is C11H26O2Ti. The average molecular weight is 238 g/mol. The van der Waals surface area contributed by atoms with E-state index in [9.17, 15) is 0 Å². The van der Waals surface area contributed by atoms with Crippen molar-refractivity contribution in [2.45, 2.75) is 38.5 Å². The summed E-state index contributed by atoms with van der Waals surface area (Å²) in [6.07, 6.45) is 8.44. The molecule has 1 aliphatic carbocycles. The smallest absolute Gasteiger partial charge is 0.400 e. The van der Waals surface area contributed by atoms with Gasteiger partial charge < -0.3 is 24.6 Å². The van der Waals surface area contributed by atoms with Crippen LogP contribution in [0, 0.1) is 20.3 Å². The second-order valence-electron chi connectivity index (χ2n) is 2.79. The van der Waals surface area contributed by atoms with Gasteiger partial charge in [0.2, 0.25) is 0 Å². The van der Waals surface area contributed by atoms with Crippen LogP contribution in [-0.2, 0) is 21.7 Å². The molecule has 0 aromatic heterocycles. The van der Waals surface area contributed by atoms with Crippen LogP contribution in [0.1, 0.15) is 38.5 Å². The van der Waals surface area contributed by atoms with Crippen LogP contribution in [0.25, 0.3) is 0 Å². The summed E-state index contributed by atoms with van der Waals surface area (Å²) in [5.41, 5.74) is 0. The molecule has 0 atom stereocenters. The van der Waals surface area contributed by atoms with Gasteiger partial charge in [0.25, 0.3) is 0 Å². The van der Waals surface area contributed by atoms with Gasteiger partial charge in [0, 0.05) is 14.2 Å². The van der Waals surface area contributed by atoms with Crippen LogP contribution >= 0.6 is 0 Å². The monoisotopic (exact) mass is 238 g/mol. The van der Waals surface area contributed by atoms with Crippen molar-refractivity contribution in [3.05, 3.63) is 14.4 Å². The summed E-state index contributed by atoms with van der Waals surface area (Å²) in [5, 5.41) is 14.0. The molecule has 0 aromatic carbocycles. The predicted molar refractivity (Wildman–Crippen MR) is 59.2 cm³/mol. The zero-order chi connectivity index (χ0) is 9.82. The fourth-order valence-corrected chi connectivity index (χ4v) is 1.59. The Morgan fingerprint density at radius 1 is 1.07 bits per heavy atom. The zero-order valence-corrected chi connectivity index (χ0v) is 11.5. The van der Waals surface area contributed by atoms with Crippen LogP contribution in [0.2, 0.25) is 0 Å². The Bertz CT molecular complexity index is 64.3. The Kier molecular flexibility index (Phi) is 40.3. The van der Waals surface area contributed by atoms with Crippen LogP contribution in [-0.4, -0.2) is 24.4 Å². The van der Waals surface area contributed by atoms with E-state index >= 15 is 0 Å². The summed E-state index contributed by atoms with van der Waals surface area (Å²) in [5.74, 6) is 1.05. The minimum absolute atomic E-state index is 0. The Morgan fingerprint density at radius 2 is 1.43 bits per heavy atom. The molecule has 0 aliphatic heterocycles. The van der Waals surface area contributed by atoms with Gasteiger partial charge in [0.15, 0.2) is 0 Å². The Balaban J connectivity index is -0.0000000750. The number of aliphatic hydroxyl groups is 2. The van der Waals surface area contributed by atoms with Crippen molar-refractivity contribution in [3.8, 4) is 0 Å². The van der Waals surface area contributed by atoms with E-state index in [1.54, 1.807) is 0 Å². The molecule has 0 bridgehead atoms. The number of aliphatic hydroxyl groups excluding tert-OH is 2. The fourth-order valence-electron chi connectivity index (χ4n) is 1.59. The van der Waals surface area contributed by atoms with E-state index < -0.39 is 0 Å². The molecule has 0 unspecified atom stereocenters. The molecule has 0 aromatic rings. The SMILES string of the molecule is CO.CO.[CH2-]CCC1CCCC1.[CH3-].[Ti+2]. The number of hydrogen-bond donors (Lipinski definition) is 2. The molecule has 3 heteroatoms. The van der Waals surface area contributed by atoms with E-state index in [0.717, 1.165) is 26.6 Å². The molecule has 14 heavy (non-hydrogen) atoms. The molecule has 2 nitrogen and oxygen atoms in total. The summed E-state index contributed by atoms with van der Waals surface area (Å²) in [6.45, 7) is 3.85. The van der Waals surface area contributed by atoms with Gasteiger partial charge in [-0.1, -0.05) is 32.1 Å². The molecule has 86 valence electrons. The zero-order valence-electron chi connectivity index (χ0n) is 9.92. The molecule has 2 N–H and O–H groups in total. The third-order valence-electron chi connectivity index (χ3n) is 2.09. The summed E-state index contributed by atoms with van der Waals surface area (Å²) in [6, 6.07) is 0. The molecule has 0 radical (unpaired) electrons. The molecule has 1 fully saturated rings. The molecule has 0 spiro atoms. The largest absolute Gasteiger partial charge is 2.00 e. The summed E-state index contributed by atoms with van der Waals surface area (Å²) >= 11 is 0. The summed E-state index contributed by atoms with van der Waals surface area (Å²) in [7, 11) is 2.00. The van der Waals surface area contributed by atoms with Crippen molar-refractivity contribution < 1.29 is 31.9 Å². The van der Waals surface area contributed by atoms with E-state index in [4.69, 9.17) is 10.2 Å². The van der Waals surface area contributed by atoms with Gasteiger partial charge in [-0.25, -0.2) is 0 Å². The predicted octanol–water partition coefficient (Wildman–Crippen LogP) is 2.46. The van der Waals surface area contributed by atoms with Gasteiger partial charge in [-0.15, -0.1) is 0 Å². The Morgan fingerprint density at radius 3 is 1.71 bits per heavy atom. The van der Waals surface area contributed by atoms with E-state index in [2.05, 4.69) is 6.92 Å². The molecule has 1 saturated carbocycles. The van der Waals surface area contributed by atoms with Gasteiger partial charge in [0.1, 0.15) is 0 Å². The van der Waals surface area contributed by atoms with Crippen molar-refractivity contribution in [1.82, 2.24) is 0 Å². The first-order valence-electron chi connectivity index (χ1n) is 4.62. The first-order valence-corrected chi connectivity index (χ1v) is 4.62. The Hall–Kier alpha value is 0.634. The molecule has 0 heterocycles. The van der Waals surface area contributed by atoms with Crippen LogP contribution in [0.15, 0.2) is 0 Å². The number of hydrogen-bond acceptors (Lipinski definition) is 2. The summed E-state index contributed by atoms with van der Waals surface area (Å²) in [4.78, 5) is 0. The third kappa shape index (κ3) is 15.1. The van der Waals surface area contributed by atoms with E-state index in [-0.39, 0.29) is 29.1 Å². The standard InChI is InChI=1S/C8H15.2CH4O.CH3.Ti/c1-2-5-8-6-3-4-7-8;2*1-2;;/h8H,1-7H2;2*2H,1H3;1H3;/q-1;;;-1;+2. The normalized spacial score (nSPS) is 13.5. The van der Waals surface area contributed by atoms with Crippen molar-refractivity contribution in [3.63, 3.8) is 0 Å². The average Bonchev–Trinajstić information content (AvgIpc) is 2.65. The Labute approximate surface area is 105 Å². The van der Waals surface area contributed by atoms with Crippen molar-refractivity contribution in [1.29, 1.82) is 0 Å². The van der Waals surface area contributed by atoms with Crippen molar-refractivity contribution >= 4 is 0 Å². The van der Waals surface area contributed by atoms with Crippen LogP contribution < -0.4 is 0 Å². The maximum atomic E-state index is 7.00. The van der Waals surface area contributed by atoms with Crippen LogP contribution in [0.3, 0.4) is 0 Å². The first-order chi connectivity index (χ1) is 5.93. The van der Waals surface area contributed by atoms with Crippen LogP contribution in [0.4, 0.5) is 0 Å². The van der Waals surface area contributed by atoms with Gasteiger partial charge in [-0.2, -0.15) is 6.42 Å². The number of rotatable bonds is 2. The van der Waals surface area contributed by atoms with Crippen molar-refractivity contribution in [2.75, 3.05) is 14.2 Å². The molecule has 0 saturated heterocycles. The van der Waals surface area contributed by atoms with Gasteiger partial charge in [-0.05, 0) is 5.92 Å². The maximum Gasteiger partial charge on any atom is 2.00 e.